The Morgan fingerprint density at radius 3 is 2.53 bits per heavy atom. The summed E-state index contributed by atoms with van der Waals surface area (Å²) < 4.78 is 46.8. The molecule has 12 heteroatoms. The van der Waals surface area contributed by atoms with Crippen LogP contribution in [0.4, 0.5) is 13.2 Å². The van der Waals surface area contributed by atoms with Gasteiger partial charge in [0.2, 0.25) is 5.91 Å². The summed E-state index contributed by atoms with van der Waals surface area (Å²) in [5.41, 5.74) is 0.419. The van der Waals surface area contributed by atoms with E-state index in [1.807, 2.05) is 0 Å². The summed E-state index contributed by atoms with van der Waals surface area (Å²) >= 11 is 5.56. The van der Waals surface area contributed by atoms with Gasteiger partial charge in [-0.25, -0.2) is 4.39 Å². The number of carbonyl (C=O) groups is 2. The summed E-state index contributed by atoms with van der Waals surface area (Å²) in [6, 6.07) is 6.50. The highest BCUT2D eigenvalue weighted by Gasteiger charge is 2.12. The number of alkyl halides is 2. The molecule has 0 spiro atoms. The number of nitrogens with one attached hydrogen (secondary N) is 2. The monoisotopic (exact) mass is 475 g/mol. The molecular weight excluding hydrogens is 455 g/mol. The Hall–Kier alpha value is -3.05. The molecule has 32 heavy (non-hydrogen) atoms. The summed E-state index contributed by atoms with van der Waals surface area (Å²) in [6.07, 6.45) is 0.0184. The van der Waals surface area contributed by atoms with Crippen LogP contribution in [0.2, 0.25) is 5.02 Å². The van der Waals surface area contributed by atoms with Crippen molar-refractivity contribution in [2.75, 3.05) is 13.2 Å². The number of halogens is 4. The van der Waals surface area contributed by atoms with Gasteiger partial charge in [0.05, 0.1) is 36.0 Å². The molecule has 1 aromatic carbocycles. The number of aromatic nitrogens is 1. The summed E-state index contributed by atoms with van der Waals surface area (Å²) in [5, 5.41) is 14.9. The molecule has 0 radical (unpaired) electrons. The van der Waals surface area contributed by atoms with Gasteiger partial charge < -0.3 is 25.2 Å². The molecule has 2 aromatic rings. The van der Waals surface area contributed by atoms with Gasteiger partial charge in [0, 0.05) is 12.6 Å². The second-order valence-corrected chi connectivity index (χ2v) is 6.91. The Kier molecular flexibility index (Phi) is 10.0. The van der Waals surface area contributed by atoms with Crippen LogP contribution in [-0.4, -0.2) is 47.8 Å². The van der Waals surface area contributed by atoms with Crippen molar-refractivity contribution in [1.82, 2.24) is 15.6 Å². The third-order valence-corrected chi connectivity index (χ3v) is 4.28. The quantitative estimate of drug-likeness (QED) is 0.435. The molecular formula is C20H21ClF3N3O5. The lowest BCUT2D eigenvalue weighted by atomic mass is 10.2. The molecule has 1 heterocycles. The number of hydrogen-bond acceptors (Lipinski definition) is 6. The van der Waals surface area contributed by atoms with Gasteiger partial charge in [-0.3, -0.25) is 14.6 Å². The van der Waals surface area contributed by atoms with E-state index in [1.165, 1.54) is 24.3 Å². The molecule has 0 fully saturated rings. The Balaban J connectivity index is 1.60. The molecule has 0 saturated carbocycles. The highest BCUT2D eigenvalue weighted by molar-refractivity contribution is 6.30. The van der Waals surface area contributed by atoms with Gasteiger partial charge in [0.25, 0.3) is 5.91 Å². The van der Waals surface area contributed by atoms with Crippen molar-refractivity contribution in [2.45, 2.75) is 32.1 Å². The second-order valence-electron chi connectivity index (χ2n) is 6.50. The summed E-state index contributed by atoms with van der Waals surface area (Å²) in [7, 11) is 0. The van der Waals surface area contributed by atoms with Crippen LogP contribution >= 0.6 is 11.6 Å². The highest BCUT2D eigenvalue weighted by Crippen LogP contribution is 2.20. The first-order valence-electron chi connectivity index (χ1n) is 9.42. The van der Waals surface area contributed by atoms with E-state index in [0.717, 1.165) is 12.3 Å². The SMILES string of the molecule is O=C(COc1ccc(Cl)c(F)c1)NCCC(O)CC(=O)NCc1ccc(OC(F)F)cn1. The van der Waals surface area contributed by atoms with Gasteiger partial charge >= 0.3 is 6.61 Å². The summed E-state index contributed by atoms with van der Waals surface area (Å²) in [5.74, 6) is -1.56. The maximum Gasteiger partial charge on any atom is 0.387 e. The van der Waals surface area contributed by atoms with Gasteiger partial charge in [0.1, 0.15) is 17.3 Å². The maximum absolute atomic E-state index is 13.3. The number of ether oxygens (including phenoxy) is 2. The van der Waals surface area contributed by atoms with Crippen LogP contribution < -0.4 is 20.1 Å². The molecule has 1 unspecified atom stereocenters. The number of aliphatic hydroxyl groups excluding tert-OH is 1. The molecule has 1 atom stereocenters. The molecule has 3 N–H and O–H groups in total. The van der Waals surface area contributed by atoms with Crippen LogP contribution in [0.1, 0.15) is 18.5 Å². The average Bonchev–Trinajstić information content (AvgIpc) is 2.73. The zero-order valence-corrected chi connectivity index (χ0v) is 17.4. The number of amides is 2. The third kappa shape index (κ3) is 9.40. The van der Waals surface area contributed by atoms with E-state index >= 15 is 0 Å². The van der Waals surface area contributed by atoms with Crippen molar-refractivity contribution in [2.24, 2.45) is 0 Å². The van der Waals surface area contributed by atoms with Gasteiger partial charge in [-0.05, 0) is 30.7 Å². The molecule has 0 aliphatic heterocycles. The van der Waals surface area contributed by atoms with E-state index < -0.39 is 30.3 Å². The van der Waals surface area contributed by atoms with E-state index in [-0.39, 0.29) is 49.1 Å². The zero-order valence-electron chi connectivity index (χ0n) is 16.7. The van der Waals surface area contributed by atoms with Gasteiger partial charge in [-0.15, -0.1) is 0 Å². The zero-order chi connectivity index (χ0) is 23.5. The largest absolute Gasteiger partial charge is 0.484 e. The number of benzene rings is 1. The summed E-state index contributed by atoms with van der Waals surface area (Å²) in [4.78, 5) is 27.5. The minimum atomic E-state index is -2.95. The van der Waals surface area contributed by atoms with Crippen LogP contribution in [0.15, 0.2) is 36.5 Å². The van der Waals surface area contributed by atoms with Crippen LogP contribution in [0.25, 0.3) is 0 Å². The first-order chi connectivity index (χ1) is 15.2. The van der Waals surface area contributed by atoms with Crippen LogP contribution in [-0.2, 0) is 16.1 Å². The molecule has 0 aliphatic carbocycles. The lowest BCUT2D eigenvalue weighted by Gasteiger charge is -2.12. The fourth-order valence-electron chi connectivity index (χ4n) is 2.41. The lowest BCUT2D eigenvalue weighted by Crippen LogP contribution is -2.33. The predicted molar refractivity (Wildman–Crippen MR) is 108 cm³/mol. The molecule has 1 aromatic heterocycles. The summed E-state index contributed by atoms with van der Waals surface area (Å²) in [6.45, 7) is -3.17. The average molecular weight is 476 g/mol. The van der Waals surface area contributed by atoms with E-state index in [9.17, 15) is 27.9 Å². The second kappa shape index (κ2) is 12.7. The van der Waals surface area contributed by atoms with Gasteiger partial charge in [-0.1, -0.05) is 11.6 Å². The third-order valence-electron chi connectivity index (χ3n) is 3.97. The molecule has 174 valence electrons. The normalized spacial score (nSPS) is 11.7. The van der Waals surface area contributed by atoms with Crippen molar-refractivity contribution in [3.63, 3.8) is 0 Å². The molecule has 0 bridgehead atoms. The van der Waals surface area contributed by atoms with Gasteiger partial charge in [-0.2, -0.15) is 8.78 Å². The standard InChI is InChI=1S/C20H21ClF3N3O5/c21-16-4-3-14(8-17(16)22)31-11-19(30)25-6-5-13(28)7-18(29)27-9-12-1-2-15(10-26-12)32-20(23)24/h1-4,8,10,13,20,28H,5-7,9,11H2,(H,25,30)(H,27,29). The number of carbonyl (C=O) groups excluding carboxylic acids is 2. The van der Waals surface area contributed by atoms with Crippen molar-refractivity contribution in [1.29, 1.82) is 0 Å². The smallest absolute Gasteiger partial charge is 0.387 e. The van der Waals surface area contributed by atoms with Crippen LogP contribution in [0, 0.1) is 5.82 Å². The predicted octanol–water partition coefficient (Wildman–Crippen LogP) is 2.43. The molecule has 0 aliphatic rings. The maximum atomic E-state index is 13.3. The minimum absolute atomic E-state index is 0.0415. The Labute approximate surface area is 186 Å². The van der Waals surface area contributed by atoms with E-state index in [1.54, 1.807) is 0 Å². The first-order valence-corrected chi connectivity index (χ1v) is 9.79. The first kappa shape index (κ1) is 25.2. The molecule has 0 saturated heterocycles. The molecule has 2 amide bonds. The molecule has 2 rings (SSSR count). The van der Waals surface area contributed by atoms with Crippen molar-refractivity contribution in [3.8, 4) is 11.5 Å². The van der Waals surface area contributed by atoms with E-state index in [4.69, 9.17) is 16.3 Å². The van der Waals surface area contributed by atoms with Crippen molar-refractivity contribution in [3.05, 3.63) is 53.1 Å². The lowest BCUT2D eigenvalue weighted by molar-refractivity contribution is -0.123. The topological polar surface area (TPSA) is 110 Å². The number of rotatable bonds is 12. The Morgan fingerprint density at radius 2 is 1.88 bits per heavy atom. The van der Waals surface area contributed by atoms with Crippen LogP contribution in [0.5, 0.6) is 11.5 Å². The van der Waals surface area contributed by atoms with Crippen LogP contribution in [0.3, 0.4) is 0 Å². The number of nitrogens with zero attached hydrogens (tertiary/aromatic N) is 1. The Morgan fingerprint density at radius 1 is 1.12 bits per heavy atom. The molecule has 8 nitrogen and oxygen atoms in total. The fourth-order valence-corrected chi connectivity index (χ4v) is 2.53. The number of hydrogen-bond donors (Lipinski definition) is 3. The number of aliphatic hydroxyl groups is 1. The van der Waals surface area contributed by atoms with Crippen molar-refractivity contribution < 1.29 is 37.3 Å². The Bertz CT molecular complexity index is 903. The van der Waals surface area contributed by atoms with E-state index in [2.05, 4.69) is 20.4 Å². The van der Waals surface area contributed by atoms with Gasteiger partial charge in [0.15, 0.2) is 6.61 Å². The van der Waals surface area contributed by atoms with E-state index in [0.29, 0.717) is 5.69 Å². The minimum Gasteiger partial charge on any atom is -0.484 e. The highest BCUT2D eigenvalue weighted by atomic mass is 35.5. The van der Waals surface area contributed by atoms with Crippen molar-refractivity contribution >= 4 is 23.4 Å². The number of pyridine rings is 1. The fraction of sp³-hybridized carbons (Fsp3) is 0.350.